The normalized spacial score (nSPS) is 17.0. The van der Waals surface area contributed by atoms with E-state index in [0.717, 1.165) is 36.8 Å². The van der Waals surface area contributed by atoms with Crippen LogP contribution in [0.3, 0.4) is 0 Å². The van der Waals surface area contributed by atoms with Crippen molar-refractivity contribution < 1.29 is 19.2 Å². The van der Waals surface area contributed by atoms with Gasteiger partial charge in [-0.05, 0) is 90.2 Å². The van der Waals surface area contributed by atoms with Gasteiger partial charge in [-0.1, -0.05) is 37.4 Å². The fraction of sp³-hybridized carbons (Fsp3) is 0.588. The highest BCUT2D eigenvalue weighted by atomic mass is 16.2. The maximum atomic E-state index is 13.0. The second-order valence-corrected chi connectivity index (χ2v) is 13.4. The van der Waals surface area contributed by atoms with Crippen molar-refractivity contribution in [3.63, 3.8) is 0 Å². The largest absolute Gasteiger partial charge is 0.347 e. The zero-order valence-corrected chi connectivity index (χ0v) is 26.5. The number of likely N-dealkylation sites (tertiary alicyclic amines) is 2. The van der Waals surface area contributed by atoms with Crippen molar-refractivity contribution in [2.75, 3.05) is 26.2 Å². The average Bonchev–Trinajstić information content (AvgIpc) is 2.92. The standard InChI is InChI=1S/C34H50N4O4/c1-23(2)31(41)37-16-12-25(13-17-37)20-29(39)35-33(5,6)27-10-9-11-28(22-27)34(7,8)36-30(40)21-26-14-18-38(19-15-26)32(42)24(3)4/h9-11,22,25-26H,1,3,12-21H2,2,4-8H3,(H,35,39)(H,36,40). The first kappa shape index (κ1) is 33.1. The summed E-state index contributed by atoms with van der Waals surface area (Å²) < 4.78 is 0. The van der Waals surface area contributed by atoms with Gasteiger partial charge in [0.25, 0.3) is 0 Å². The summed E-state index contributed by atoms with van der Waals surface area (Å²) >= 11 is 0. The first-order chi connectivity index (χ1) is 19.6. The summed E-state index contributed by atoms with van der Waals surface area (Å²) in [6, 6.07) is 8.03. The van der Waals surface area contributed by atoms with Crippen molar-refractivity contribution in [2.45, 2.75) is 91.1 Å². The van der Waals surface area contributed by atoms with Crippen LogP contribution in [-0.4, -0.2) is 59.6 Å². The van der Waals surface area contributed by atoms with Gasteiger partial charge in [-0.15, -0.1) is 0 Å². The molecular weight excluding hydrogens is 528 g/mol. The number of rotatable bonds is 10. The number of nitrogens with zero attached hydrogens (tertiary/aromatic N) is 2. The Kier molecular flexibility index (Phi) is 10.8. The Morgan fingerprint density at radius 2 is 1.05 bits per heavy atom. The lowest BCUT2D eigenvalue weighted by Gasteiger charge is -2.34. The van der Waals surface area contributed by atoms with E-state index in [-0.39, 0.29) is 35.5 Å². The predicted molar refractivity (Wildman–Crippen MR) is 166 cm³/mol. The minimum Gasteiger partial charge on any atom is -0.347 e. The summed E-state index contributed by atoms with van der Waals surface area (Å²) in [6.07, 6.45) is 4.09. The molecule has 2 fully saturated rings. The molecule has 42 heavy (non-hydrogen) atoms. The molecule has 1 aromatic rings. The molecule has 0 spiro atoms. The lowest BCUT2D eigenvalue weighted by Crippen LogP contribution is -2.45. The molecule has 2 N–H and O–H groups in total. The van der Waals surface area contributed by atoms with E-state index in [0.29, 0.717) is 50.2 Å². The van der Waals surface area contributed by atoms with E-state index in [4.69, 9.17) is 0 Å². The lowest BCUT2D eigenvalue weighted by molar-refractivity contribution is -0.130. The zero-order valence-electron chi connectivity index (χ0n) is 26.5. The first-order valence-electron chi connectivity index (χ1n) is 15.2. The van der Waals surface area contributed by atoms with Gasteiger partial charge in [0, 0.05) is 50.2 Å². The molecule has 4 amide bonds. The molecule has 0 atom stereocenters. The maximum absolute atomic E-state index is 13.0. The topological polar surface area (TPSA) is 98.8 Å². The van der Waals surface area contributed by atoms with Crippen LogP contribution in [0, 0.1) is 11.8 Å². The molecule has 2 heterocycles. The molecule has 3 rings (SSSR count). The molecule has 2 aliphatic heterocycles. The highest BCUT2D eigenvalue weighted by Gasteiger charge is 2.31. The van der Waals surface area contributed by atoms with Gasteiger partial charge in [0.1, 0.15) is 0 Å². The number of hydrogen-bond acceptors (Lipinski definition) is 4. The lowest BCUT2D eigenvalue weighted by atomic mass is 9.86. The molecular formula is C34H50N4O4. The van der Waals surface area contributed by atoms with Crippen LogP contribution < -0.4 is 10.6 Å². The van der Waals surface area contributed by atoms with Crippen molar-refractivity contribution >= 4 is 23.6 Å². The minimum atomic E-state index is -0.598. The molecule has 0 aliphatic carbocycles. The summed E-state index contributed by atoms with van der Waals surface area (Å²) in [4.78, 5) is 54.1. The Bertz CT molecular complexity index is 1110. The second kappa shape index (κ2) is 13.7. The van der Waals surface area contributed by atoms with Crippen molar-refractivity contribution in [3.8, 4) is 0 Å². The Hall–Kier alpha value is -3.42. The summed E-state index contributed by atoms with van der Waals surface area (Å²) in [5.41, 5.74) is 1.83. The third-order valence-electron chi connectivity index (χ3n) is 8.69. The number of carbonyl (C=O) groups is 4. The van der Waals surface area contributed by atoms with Crippen molar-refractivity contribution in [1.82, 2.24) is 20.4 Å². The monoisotopic (exact) mass is 578 g/mol. The van der Waals surface area contributed by atoms with Crippen molar-refractivity contribution in [3.05, 3.63) is 59.7 Å². The average molecular weight is 579 g/mol. The zero-order chi connectivity index (χ0) is 31.2. The van der Waals surface area contributed by atoms with Gasteiger partial charge < -0.3 is 20.4 Å². The third-order valence-corrected chi connectivity index (χ3v) is 8.69. The van der Waals surface area contributed by atoms with Crippen molar-refractivity contribution in [2.24, 2.45) is 11.8 Å². The molecule has 230 valence electrons. The van der Waals surface area contributed by atoms with Crippen LogP contribution >= 0.6 is 0 Å². The number of nitrogens with one attached hydrogen (secondary N) is 2. The van der Waals surface area contributed by atoms with Crippen molar-refractivity contribution in [1.29, 1.82) is 0 Å². The van der Waals surface area contributed by atoms with E-state index in [9.17, 15) is 19.2 Å². The Labute approximate surface area is 252 Å². The highest BCUT2D eigenvalue weighted by molar-refractivity contribution is 5.92. The Morgan fingerprint density at radius 3 is 1.36 bits per heavy atom. The number of amides is 4. The van der Waals surface area contributed by atoms with Gasteiger partial charge in [0.05, 0.1) is 11.1 Å². The summed E-state index contributed by atoms with van der Waals surface area (Å²) in [7, 11) is 0. The van der Waals surface area contributed by atoms with Crippen LogP contribution in [0.5, 0.6) is 0 Å². The number of hydrogen-bond donors (Lipinski definition) is 2. The van der Waals surface area contributed by atoms with Gasteiger partial charge >= 0.3 is 0 Å². The molecule has 8 heteroatoms. The van der Waals surface area contributed by atoms with Crippen LogP contribution in [0.15, 0.2) is 48.6 Å². The predicted octanol–water partition coefficient (Wildman–Crippen LogP) is 4.80. The maximum Gasteiger partial charge on any atom is 0.248 e. The van der Waals surface area contributed by atoms with Gasteiger partial charge in [-0.2, -0.15) is 0 Å². The molecule has 2 saturated heterocycles. The molecule has 8 nitrogen and oxygen atoms in total. The van der Waals surface area contributed by atoms with Gasteiger partial charge in [-0.3, -0.25) is 19.2 Å². The smallest absolute Gasteiger partial charge is 0.248 e. The molecule has 0 unspecified atom stereocenters. The van der Waals surface area contributed by atoms with Crippen LogP contribution in [0.1, 0.15) is 91.2 Å². The van der Waals surface area contributed by atoms with Crippen LogP contribution in [-0.2, 0) is 30.3 Å². The molecule has 2 aliphatic rings. The highest BCUT2D eigenvalue weighted by Crippen LogP contribution is 2.29. The summed E-state index contributed by atoms with van der Waals surface area (Å²) in [6.45, 7) is 21.6. The van der Waals surface area contributed by atoms with E-state index in [1.807, 2.05) is 55.7 Å². The second-order valence-electron chi connectivity index (χ2n) is 13.4. The first-order valence-corrected chi connectivity index (χ1v) is 15.2. The summed E-state index contributed by atoms with van der Waals surface area (Å²) in [5.74, 6) is 0.478. The van der Waals surface area contributed by atoms with Crippen LogP contribution in [0.4, 0.5) is 0 Å². The SMILES string of the molecule is C=C(C)C(=O)N1CCC(CC(=O)NC(C)(C)c2cccc(C(C)(C)NC(=O)CC3CCN(C(=O)C(=C)C)CC3)c2)CC1. The van der Waals surface area contributed by atoms with Gasteiger partial charge in [-0.25, -0.2) is 0 Å². The van der Waals surface area contributed by atoms with Gasteiger partial charge in [0.15, 0.2) is 0 Å². The van der Waals surface area contributed by atoms with E-state index in [1.54, 1.807) is 13.8 Å². The van der Waals surface area contributed by atoms with E-state index in [2.05, 4.69) is 29.9 Å². The fourth-order valence-electron chi connectivity index (χ4n) is 5.98. The van der Waals surface area contributed by atoms with E-state index >= 15 is 0 Å². The van der Waals surface area contributed by atoms with E-state index < -0.39 is 11.1 Å². The van der Waals surface area contributed by atoms with E-state index in [1.165, 1.54) is 0 Å². The third kappa shape index (κ3) is 8.79. The number of carbonyl (C=O) groups excluding carboxylic acids is 4. The molecule has 0 saturated carbocycles. The quantitative estimate of drug-likeness (QED) is 0.390. The minimum absolute atomic E-state index is 0.00126. The Balaban J connectivity index is 1.53. The fourth-order valence-corrected chi connectivity index (χ4v) is 5.98. The van der Waals surface area contributed by atoms with Crippen LogP contribution in [0.2, 0.25) is 0 Å². The number of piperidine rings is 2. The number of benzene rings is 1. The Morgan fingerprint density at radius 1 is 0.714 bits per heavy atom. The van der Waals surface area contributed by atoms with Gasteiger partial charge in [0.2, 0.25) is 23.6 Å². The molecule has 0 bridgehead atoms. The molecule has 0 radical (unpaired) electrons. The molecule has 0 aromatic heterocycles. The molecule has 1 aromatic carbocycles. The van der Waals surface area contributed by atoms with Crippen LogP contribution in [0.25, 0.3) is 0 Å². The summed E-state index contributed by atoms with van der Waals surface area (Å²) in [5, 5.41) is 6.42.